The first-order chi connectivity index (χ1) is 9.29. The average Bonchev–Trinajstić information content (AvgIpc) is 2.84. The molecule has 5 heteroatoms. The first-order valence-electron chi connectivity index (χ1n) is 6.54. The summed E-state index contributed by atoms with van der Waals surface area (Å²) in [6.45, 7) is 0.992. The molecule has 0 saturated heterocycles. The van der Waals surface area contributed by atoms with Crippen molar-refractivity contribution in [3.63, 3.8) is 0 Å². The zero-order valence-corrected chi connectivity index (χ0v) is 12.4. The lowest BCUT2D eigenvalue weighted by Gasteiger charge is -2.20. The quantitative estimate of drug-likeness (QED) is 0.941. The Bertz CT molecular complexity index is 582. The maximum absolute atomic E-state index is 6.21. The van der Waals surface area contributed by atoms with E-state index >= 15 is 0 Å². The second-order valence-electron chi connectivity index (χ2n) is 4.81. The number of nitrogens with zero attached hydrogens (tertiary/aromatic N) is 2. The molecule has 19 heavy (non-hydrogen) atoms. The Morgan fingerprint density at radius 1 is 1.53 bits per heavy atom. The van der Waals surface area contributed by atoms with E-state index in [-0.39, 0.29) is 0 Å². The number of likely N-dealkylation sites (N-methyl/N-ethyl adjacent to an activating group) is 1. The average molecular weight is 294 g/mol. The molecular weight excluding hydrogens is 278 g/mol. The van der Waals surface area contributed by atoms with Crippen molar-refractivity contribution in [2.45, 2.75) is 25.2 Å². The van der Waals surface area contributed by atoms with Gasteiger partial charge in [0.25, 0.3) is 0 Å². The summed E-state index contributed by atoms with van der Waals surface area (Å²) in [5, 5.41) is 4.90. The highest BCUT2D eigenvalue weighted by atomic mass is 35.5. The molecule has 3 nitrogen and oxygen atoms in total. The van der Waals surface area contributed by atoms with Gasteiger partial charge in [0.05, 0.1) is 10.7 Å². The number of aryl methyl sites for hydroxylation is 1. The molecule has 1 unspecified atom stereocenters. The van der Waals surface area contributed by atoms with Crippen molar-refractivity contribution in [2.75, 3.05) is 13.6 Å². The van der Waals surface area contributed by atoms with Gasteiger partial charge in [-0.15, -0.1) is 11.3 Å². The van der Waals surface area contributed by atoms with Gasteiger partial charge in [0.1, 0.15) is 10.7 Å². The molecule has 2 aromatic heterocycles. The molecule has 1 aliphatic carbocycles. The molecule has 0 amide bonds. The van der Waals surface area contributed by atoms with Gasteiger partial charge >= 0.3 is 0 Å². The van der Waals surface area contributed by atoms with E-state index in [4.69, 9.17) is 16.6 Å². The Balaban J connectivity index is 2.00. The summed E-state index contributed by atoms with van der Waals surface area (Å²) in [6, 6.07) is 3.72. The molecule has 2 heterocycles. The minimum atomic E-state index is 0.529. The van der Waals surface area contributed by atoms with E-state index in [2.05, 4.69) is 10.3 Å². The number of fused-ring (bicyclic) bond motifs is 1. The summed E-state index contributed by atoms with van der Waals surface area (Å²) in [7, 11) is 2.00. The monoisotopic (exact) mass is 293 g/mol. The predicted octanol–water partition coefficient (Wildman–Crippen LogP) is 3.50. The van der Waals surface area contributed by atoms with Crippen LogP contribution in [0.25, 0.3) is 10.7 Å². The first-order valence-corrected chi connectivity index (χ1v) is 7.74. The number of nitrogens with one attached hydrogen (secondary N) is 1. The lowest BCUT2D eigenvalue weighted by molar-refractivity contribution is 0.523. The molecule has 1 atom stereocenters. The van der Waals surface area contributed by atoms with E-state index in [1.54, 1.807) is 17.5 Å². The third-order valence-electron chi connectivity index (χ3n) is 3.48. The molecule has 0 aliphatic heterocycles. The van der Waals surface area contributed by atoms with Crippen LogP contribution in [0.1, 0.15) is 29.3 Å². The molecule has 100 valence electrons. The molecule has 0 fully saturated rings. The van der Waals surface area contributed by atoms with Crippen LogP contribution in [0, 0.1) is 0 Å². The van der Waals surface area contributed by atoms with Crippen molar-refractivity contribution in [2.24, 2.45) is 0 Å². The van der Waals surface area contributed by atoms with Gasteiger partial charge < -0.3 is 5.32 Å². The van der Waals surface area contributed by atoms with Crippen LogP contribution in [0.2, 0.25) is 5.02 Å². The Hall–Kier alpha value is -0.970. The number of halogens is 1. The lowest BCUT2D eigenvalue weighted by Crippen LogP contribution is -2.20. The largest absolute Gasteiger partial charge is 0.319 e. The molecule has 3 rings (SSSR count). The van der Waals surface area contributed by atoms with E-state index in [9.17, 15) is 0 Å². The molecule has 1 aliphatic rings. The number of rotatable bonds is 3. The highest BCUT2D eigenvalue weighted by molar-refractivity contribution is 7.15. The van der Waals surface area contributed by atoms with Gasteiger partial charge in [0.15, 0.2) is 0 Å². The molecule has 0 radical (unpaired) electrons. The molecule has 0 aromatic carbocycles. The van der Waals surface area contributed by atoms with Crippen LogP contribution in [-0.4, -0.2) is 23.6 Å². The number of hydrogen-bond donors (Lipinski definition) is 1. The first kappa shape index (κ1) is 13.0. The van der Waals surface area contributed by atoms with Crippen LogP contribution in [0.4, 0.5) is 0 Å². The van der Waals surface area contributed by atoms with Crippen molar-refractivity contribution < 1.29 is 0 Å². The Kier molecular flexibility index (Phi) is 3.82. The summed E-state index contributed by atoms with van der Waals surface area (Å²) >= 11 is 7.96. The van der Waals surface area contributed by atoms with Crippen LogP contribution in [0.5, 0.6) is 0 Å². The maximum Gasteiger partial charge on any atom is 0.143 e. The van der Waals surface area contributed by atoms with E-state index < -0.39 is 0 Å². The third kappa shape index (κ3) is 2.53. The van der Waals surface area contributed by atoms with Crippen molar-refractivity contribution in [1.82, 2.24) is 15.3 Å². The van der Waals surface area contributed by atoms with Gasteiger partial charge in [-0.05, 0) is 38.4 Å². The van der Waals surface area contributed by atoms with Crippen LogP contribution < -0.4 is 5.32 Å². The Morgan fingerprint density at radius 2 is 2.42 bits per heavy atom. The fourth-order valence-corrected chi connectivity index (χ4v) is 4.06. The van der Waals surface area contributed by atoms with Crippen LogP contribution in [0.15, 0.2) is 18.3 Å². The van der Waals surface area contributed by atoms with Gasteiger partial charge in [-0.2, -0.15) is 0 Å². The summed E-state index contributed by atoms with van der Waals surface area (Å²) in [6.07, 6.45) is 5.37. The Morgan fingerprint density at radius 3 is 3.21 bits per heavy atom. The standard InChI is InChI=1S/C14H16ClN3S/c1-16-8-9-4-2-6-11-12(9)18-14(19-11)13-10(15)5-3-7-17-13/h3,5,7,9,16H,2,4,6,8H2,1H3. The normalized spacial score (nSPS) is 18.3. The van der Waals surface area contributed by atoms with Crippen LogP contribution in [-0.2, 0) is 6.42 Å². The number of aromatic nitrogens is 2. The van der Waals surface area contributed by atoms with Gasteiger partial charge in [-0.3, -0.25) is 4.98 Å². The van der Waals surface area contributed by atoms with Gasteiger partial charge in [0.2, 0.25) is 0 Å². The molecule has 2 aromatic rings. The minimum absolute atomic E-state index is 0.529. The third-order valence-corrected chi connectivity index (χ3v) is 4.92. The van der Waals surface area contributed by atoms with E-state index in [1.165, 1.54) is 23.4 Å². The second kappa shape index (κ2) is 5.57. The predicted molar refractivity (Wildman–Crippen MR) is 80.0 cm³/mol. The van der Waals surface area contributed by atoms with Crippen LogP contribution >= 0.6 is 22.9 Å². The van der Waals surface area contributed by atoms with Crippen molar-refractivity contribution in [3.8, 4) is 10.7 Å². The number of hydrogen-bond acceptors (Lipinski definition) is 4. The Labute approximate surface area is 122 Å². The molecular formula is C14H16ClN3S. The summed E-state index contributed by atoms with van der Waals surface area (Å²) in [5.41, 5.74) is 2.06. The zero-order chi connectivity index (χ0) is 13.2. The SMILES string of the molecule is CNCC1CCCc2sc(-c3ncccc3Cl)nc21. The topological polar surface area (TPSA) is 37.8 Å². The molecule has 0 bridgehead atoms. The molecule has 0 saturated carbocycles. The maximum atomic E-state index is 6.21. The fourth-order valence-electron chi connectivity index (χ4n) is 2.60. The van der Waals surface area contributed by atoms with E-state index in [0.717, 1.165) is 23.7 Å². The minimum Gasteiger partial charge on any atom is -0.319 e. The lowest BCUT2D eigenvalue weighted by atomic mass is 9.91. The fraction of sp³-hybridized carbons (Fsp3) is 0.429. The van der Waals surface area contributed by atoms with Crippen molar-refractivity contribution >= 4 is 22.9 Å². The number of pyridine rings is 1. The van der Waals surface area contributed by atoms with Gasteiger partial charge in [-0.1, -0.05) is 11.6 Å². The van der Waals surface area contributed by atoms with E-state index in [0.29, 0.717) is 10.9 Å². The summed E-state index contributed by atoms with van der Waals surface area (Å²) < 4.78 is 0. The zero-order valence-electron chi connectivity index (χ0n) is 10.8. The van der Waals surface area contributed by atoms with Crippen molar-refractivity contribution in [3.05, 3.63) is 33.9 Å². The van der Waals surface area contributed by atoms with E-state index in [1.807, 2.05) is 19.2 Å². The number of thiazole rings is 1. The van der Waals surface area contributed by atoms with Gasteiger partial charge in [-0.25, -0.2) is 4.98 Å². The van der Waals surface area contributed by atoms with Crippen molar-refractivity contribution in [1.29, 1.82) is 0 Å². The van der Waals surface area contributed by atoms with Crippen LogP contribution in [0.3, 0.4) is 0 Å². The summed E-state index contributed by atoms with van der Waals surface area (Å²) in [5.74, 6) is 0.529. The second-order valence-corrected chi connectivity index (χ2v) is 6.30. The summed E-state index contributed by atoms with van der Waals surface area (Å²) in [4.78, 5) is 10.6. The smallest absolute Gasteiger partial charge is 0.143 e. The molecule has 0 spiro atoms. The highest BCUT2D eigenvalue weighted by Gasteiger charge is 2.25. The van der Waals surface area contributed by atoms with Gasteiger partial charge in [0, 0.05) is 23.5 Å². The highest BCUT2D eigenvalue weighted by Crippen LogP contribution is 2.38. The molecule has 1 N–H and O–H groups in total.